The zero-order valence-electron chi connectivity index (χ0n) is 8.18. The first-order valence-corrected chi connectivity index (χ1v) is 5.08. The van der Waals surface area contributed by atoms with E-state index in [1.165, 1.54) is 12.1 Å². The van der Waals surface area contributed by atoms with E-state index in [1.807, 2.05) is 13.8 Å². The maximum Gasteiger partial charge on any atom is 0.134 e. The molecule has 4 heteroatoms. The molecule has 1 rings (SSSR count). The van der Waals surface area contributed by atoms with Gasteiger partial charge >= 0.3 is 0 Å². The molecular formula is C10H13BrFNO. The van der Waals surface area contributed by atoms with Gasteiger partial charge < -0.3 is 10.5 Å². The predicted octanol–water partition coefficient (Wildman–Crippen LogP) is 2.70. The van der Waals surface area contributed by atoms with Crippen LogP contribution >= 0.6 is 15.9 Å². The maximum absolute atomic E-state index is 12.8. The van der Waals surface area contributed by atoms with Crippen molar-refractivity contribution < 1.29 is 9.13 Å². The van der Waals surface area contributed by atoms with Gasteiger partial charge in [-0.1, -0.05) is 0 Å². The van der Waals surface area contributed by atoms with Gasteiger partial charge in [-0.2, -0.15) is 0 Å². The molecule has 0 radical (unpaired) electrons. The maximum atomic E-state index is 12.8. The fraction of sp³-hybridized carbons (Fsp3) is 0.400. The van der Waals surface area contributed by atoms with E-state index in [0.717, 1.165) is 0 Å². The van der Waals surface area contributed by atoms with Crippen LogP contribution in [-0.4, -0.2) is 12.1 Å². The second-order valence-corrected chi connectivity index (χ2v) is 4.49. The topological polar surface area (TPSA) is 35.2 Å². The lowest BCUT2D eigenvalue weighted by molar-refractivity contribution is 0.117. The lowest BCUT2D eigenvalue weighted by Crippen LogP contribution is -2.37. The highest BCUT2D eigenvalue weighted by Crippen LogP contribution is 2.28. The van der Waals surface area contributed by atoms with Gasteiger partial charge in [0.25, 0.3) is 0 Å². The van der Waals surface area contributed by atoms with Crippen molar-refractivity contribution in [3.63, 3.8) is 0 Å². The third kappa shape index (κ3) is 2.96. The fourth-order valence-corrected chi connectivity index (χ4v) is 1.33. The summed E-state index contributed by atoms with van der Waals surface area (Å²) < 4.78 is 18.9. The van der Waals surface area contributed by atoms with Gasteiger partial charge in [0.1, 0.15) is 17.2 Å². The minimum atomic E-state index is -0.444. The van der Waals surface area contributed by atoms with Crippen LogP contribution in [0.1, 0.15) is 13.8 Å². The first-order chi connectivity index (χ1) is 6.44. The summed E-state index contributed by atoms with van der Waals surface area (Å²) in [6, 6.07) is 4.30. The largest absolute Gasteiger partial charge is 0.485 e. The Kier molecular flexibility index (Phi) is 3.50. The third-order valence-corrected chi connectivity index (χ3v) is 2.39. The van der Waals surface area contributed by atoms with Crippen molar-refractivity contribution >= 4 is 15.9 Å². The zero-order valence-corrected chi connectivity index (χ0v) is 9.77. The molecule has 0 unspecified atom stereocenters. The van der Waals surface area contributed by atoms with Crippen molar-refractivity contribution in [2.24, 2.45) is 5.73 Å². The van der Waals surface area contributed by atoms with Crippen LogP contribution in [0.5, 0.6) is 5.75 Å². The zero-order chi connectivity index (χ0) is 10.8. The quantitative estimate of drug-likeness (QED) is 0.908. The number of benzene rings is 1. The van der Waals surface area contributed by atoms with Crippen molar-refractivity contribution in [3.05, 3.63) is 28.5 Å². The molecule has 2 nitrogen and oxygen atoms in total. The second-order valence-electron chi connectivity index (χ2n) is 3.64. The van der Waals surface area contributed by atoms with E-state index in [-0.39, 0.29) is 5.82 Å². The van der Waals surface area contributed by atoms with Gasteiger partial charge in [0.15, 0.2) is 0 Å². The summed E-state index contributed by atoms with van der Waals surface area (Å²) in [5, 5.41) is 0. The number of hydrogen-bond acceptors (Lipinski definition) is 2. The van der Waals surface area contributed by atoms with Crippen LogP contribution in [0, 0.1) is 5.82 Å². The predicted molar refractivity (Wildman–Crippen MR) is 57.9 cm³/mol. The Balaban J connectivity index is 2.87. The Hall–Kier alpha value is -0.610. The van der Waals surface area contributed by atoms with Crippen molar-refractivity contribution in [1.29, 1.82) is 0 Å². The first kappa shape index (κ1) is 11.5. The van der Waals surface area contributed by atoms with E-state index >= 15 is 0 Å². The summed E-state index contributed by atoms with van der Waals surface area (Å²) in [5.41, 5.74) is 5.08. The van der Waals surface area contributed by atoms with Gasteiger partial charge in [-0.25, -0.2) is 4.39 Å². The van der Waals surface area contributed by atoms with Gasteiger partial charge in [-0.05, 0) is 48.0 Å². The molecule has 2 N–H and O–H groups in total. The number of hydrogen-bond donors (Lipinski definition) is 1. The molecule has 1 aromatic rings. The molecule has 0 aliphatic carbocycles. The number of halogens is 2. The summed E-state index contributed by atoms with van der Waals surface area (Å²) in [7, 11) is 0. The lowest BCUT2D eigenvalue weighted by atomic mass is 10.1. The molecule has 0 bridgehead atoms. The van der Waals surface area contributed by atoms with Crippen LogP contribution in [-0.2, 0) is 0 Å². The van der Waals surface area contributed by atoms with Gasteiger partial charge in [-0.15, -0.1) is 0 Å². The average molecular weight is 262 g/mol. The van der Waals surface area contributed by atoms with Crippen LogP contribution in [0.4, 0.5) is 4.39 Å². The Labute approximate surface area is 91.4 Å². The van der Waals surface area contributed by atoms with E-state index in [0.29, 0.717) is 16.8 Å². The lowest BCUT2D eigenvalue weighted by Gasteiger charge is -2.25. The van der Waals surface area contributed by atoms with Crippen LogP contribution in [0.25, 0.3) is 0 Å². The van der Waals surface area contributed by atoms with E-state index in [2.05, 4.69) is 15.9 Å². The molecule has 1 aromatic carbocycles. The fourth-order valence-electron chi connectivity index (χ4n) is 0.897. The molecule has 0 atom stereocenters. The number of nitrogens with two attached hydrogens (primary N) is 1. The van der Waals surface area contributed by atoms with Gasteiger partial charge in [0.05, 0.1) is 4.47 Å². The second kappa shape index (κ2) is 4.28. The molecule has 0 saturated heterocycles. The highest BCUT2D eigenvalue weighted by Gasteiger charge is 2.18. The van der Waals surface area contributed by atoms with Crippen LogP contribution in [0.3, 0.4) is 0 Å². The Morgan fingerprint density at radius 1 is 1.50 bits per heavy atom. The third-order valence-electron chi connectivity index (χ3n) is 1.77. The van der Waals surface area contributed by atoms with Gasteiger partial charge in [-0.3, -0.25) is 0 Å². The van der Waals surface area contributed by atoms with Crippen LogP contribution in [0.15, 0.2) is 22.7 Å². The van der Waals surface area contributed by atoms with E-state index in [9.17, 15) is 4.39 Å². The molecule has 0 spiro atoms. The van der Waals surface area contributed by atoms with Gasteiger partial charge in [0, 0.05) is 6.54 Å². The van der Waals surface area contributed by atoms with Crippen molar-refractivity contribution in [3.8, 4) is 5.75 Å². The van der Waals surface area contributed by atoms with E-state index < -0.39 is 5.60 Å². The Morgan fingerprint density at radius 3 is 2.64 bits per heavy atom. The summed E-state index contributed by atoms with van der Waals surface area (Å²) in [6.07, 6.45) is 0. The summed E-state index contributed by atoms with van der Waals surface area (Å²) in [5.74, 6) is 0.302. The molecule has 0 saturated carbocycles. The van der Waals surface area contributed by atoms with Crippen LogP contribution < -0.4 is 10.5 Å². The van der Waals surface area contributed by atoms with Crippen molar-refractivity contribution in [2.75, 3.05) is 6.54 Å². The molecule has 0 fully saturated rings. The number of rotatable bonds is 3. The highest BCUT2D eigenvalue weighted by molar-refractivity contribution is 9.10. The molecule has 0 amide bonds. The molecule has 0 aliphatic heterocycles. The highest BCUT2D eigenvalue weighted by atomic mass is 79.9. The minimum absolute atomic E-state index is 0.297. The SMILES string of the molecule is CC(C)(CN)Oc1ccc(F)cc1Br. The smallest absolute Gasteiger partial charge is 0.134 e. The first-order valence-electron chi connectivity index (χ1n) is 4.29. The van der Waals surface area contributed by atoms with Crippen molar-refractivity contribution in [2.45, 2.75) is 19.4 Å². The monoisotopic (exact) mass is 261 g/mol. The molecule has 0 heterocycles. The average Bonchev–Trinajstić information content (AvgIpc) is 2.10. The standard InChI is InChI=1S/C10H13BrFNO/c1-10(2,6-13)14-9-4-3-7(12)5-8(9)11/h3-5H,6,13H2,1-2H3. The molecule has 14 heavy (non-hydrogen) atoms. The summed E-state index contributed by atoms with van der Waals surface area (Å²) >= 11 is 3.22. The van der Waals surface area contributed by atoms with Crippen molar-refractivity contribution in [1.82, 2.24) is 0 Å². The minimum Gasteiger partial charge on any atom is -0.485 e. The Bertz CT molecular complexity index is 328. The van der Waals surface area contributed by atoms with Crippen LogP contribution in [0.2, 0.25) is 0 Å². The molecule has 0 aromatic heterocycles. The number of ether oxygens (including phenoxy) is 1. The van der Waals surface area contributed by atoms with E-state index in [1.54, 1.807) is 6.07 Å². The summed E-state index contributed by atoms with van der Waals surface area (Å²) in [4.78, 5) is 0. The van der Waals surface area contributed by atoms with Gasteiger partial charge in [0.2, 0.25) is 0 Å². The Morgan fingerprint density at radius 2 is 2.14 bits per heavy atom. The molecule has 0 aliphatic rings. The molecular weight excluding hydrogens is 249 g/mol. The van der Waals surface area contributed by atoms with E-state index in [4.69, 9.17) is 10.5 Å². The summed E-state index contributed by atoms with van der Waals surface area (Å²) in [6.45, 7) is 4.16. The molecule has 78 valence electrons. The normalized spacial score (nSPS) is 11.5.